The lowest BCUT2D eigenvalue weighted by atomic mass is 10.00. The van der Waals surface area contributed by atoms with Gasteiger partial charge in [-0.05, 0) is 66.0 Å². The minimum Gasteiger partial charge on any atom is -0.316 e. The first-order chi connectivity index (χ1) is 9.95. The fourth-order valence-electron chi connectivity index (χ4n) is 2.55. The second-order valence-electron chi connectivity index (χ2n) is 5.24. The lowest BCUT2D eigenvalue weighted by Crippen LogP contribution is -2.40. The molecule has 118 valence electrons. The van der Waals surface area contributed by atoms with Gasteiger partial charge in [0.2, 0.25) is 10.0 Å². The van der Waals surface area contributed by atoms with Crippen LogP contribution in [0.15, 0.2) is 27.6 Å². The van der Waals surface area contributed by atoms with Crippen molar-refractivity contribution in [1.82, 2.24) is 9.62 Å². The van der Waals surface area contributed by atoms with Crippen molar-refractivity contribution in [3.05, 3.63) is 28.5 Å². The summed E-state index contributed by atoms with van der Waals surface area (Å²) >= 11 is 3.04. The average molecular weight is 379 g/mol. The first-order valence-corrected chi connectivity index (χ1v) is 9.34. The zero-order chi connectivity index (χ0) is 15.5. The van der Waals surface area contributed by atoms with Gasteiger partial charge in [0, 0.05) is 13.1 Å². The summed E-state index contributed by atoms with van der Waals surface area (Å²) in [6.45, 7) is 4.50. The molecule has 2 rings (SSSR count). The van der Waals surface area contributed by atoms with E-state index in [-0.39, 0.29) is 9.37 Å². The van der Waals surface area contributed by atoms with E-state index in [1.54, 1.807) is 0 Å². The molecule has 1 aliphatic heterocycles. The lowest BCUT2D eigenvalue weighted by molar-refractivity contribution is 0.297. The zero-order valence-corrected chi connectivity index (χ0v) is 14.4. The van der Waals surface area contributed by atoms with Gasteiger partial charge in [0.25, 0.3) is 0 Å². The Kier molecular flexibility index (Phi) is 5.76. The van der Waals surface area contributed by atoms with E-state index in [0.29, 0.717) is 19.0 Å². The molecule has 7 heteroatoms. The van der Waals surface area contributed by atoms with E-state index in [4.69, 9.17) is 0 Å². The number of piperidine rings is 1. The fraction of sp³-hybridized carbons (Fsp3) is 0.571. The minimum atomic E-state index is -3.65. The number of rotatable bonds is 5. The highest BCUT2D eigenvalue weighted by molar-refractivity contribution is 9.10. The Bertz CT molecular complexity index is 589. The largest absolute Gasteiger partial charge is 0.316 e. The molecule has 1 fully saturated rings. The molecule has 1 N–H and O–H groups in total. The molecule has 1 aromatic carbocycles. The second kappa shape index (κ2) is 7.17. The Balaban J connectivity index is 2.19. The number of benzene rings is 1. The molecule has 0 aromatic heterocycles. The zero-order valence-electron chi connectivity index (χ0n) is 12.0. The Hall–Kier alpha value is -0.500. The van der Waals surface area contributed by atoms with Crippen LogP contribution in [0.2, 0.25) is 0 Å². The first-order valence-electron chi connectivity index (χ1n) is 7.11. The van der Waals surface area contributed by atoms with Crippen molar-refractivity contribution >= 4 is 26.0 Å². The first kappa shape index (κ1) is 16.9. The summed E-state index contributed by atoms with van der Waals surface area (Å²) in [5.41, 5.74) is 0. The van der Waals surface area contributed by atoms with Crippen molar-refractivity contribution < 1.29 is 12.8 Å². The summed E-state index contributed by atoms with van der Waals surface area (Å²) in [6, 6.07) is 3.93. The molecule has 0 aliphatic carbocycles. The average Bonchev–Trinajstić information content (AvgIpc) is 2.48. The van der Waals surface area contributed by atoms with Gasteiger partial charge in [0.1, 0.15) is 5.82 Å². The molecule has 0 radical (unpaired) electrons. The normalized spacial score (nSPS) is 19.9. The van der Waals surface area contributed by atoms with Crippen molar-refractivity contribution in [2.75, 3.05) is 26.2 Å². The summed E-state index contributed by atoms with van der Waals surface area (Å²) in [7, 11) is -3.65. The number of hydrogen-bond donors (Lipinski definition) is 1. The Morgan fingerprint density at radius 3 is 2.81 bits per heavy atom. The third kappa shape index (κ3) is 4.03. The van der Waals surface area contributed by atoms with Crippen molar-refractivity contribution in [2.24, 2.45) is 5.92 Å². The Morgan fingerprint density at radius 2 is 2.24 bits per heavy atom. The number of nitrogens with one attached hydrogen (secondary N) is 1. The van der Waals surface area contributed by atoms with E-state index in [1.807, 2.05) is 6.92 Å². The van der Waals surface area contributed by atoms with Crippen molar-refractivity contribution in [3.63, 3.8) is 0 Å². The molecule has 1 atom stereocenters. The highest BCUT2D eigenvalue weighted by Gasteiger charge is 2.27. The van der Waals surface area contributed by atoms with E-state index in [1.165, 1.54) is 16.4 Å². The minimum absolute atomic E-state index is 0.00817. The predicted octanol–water partition coefficient (Wildman–Crippen LogP) is 2.60. The summed E-state index contributed by atoms with van der Waals surface area (Å²) in [5.74, 6) is -0.250. The van der Waals surface area contributed by atoms with Crippen LogP contribution in [-0.4, -0.2) is 38.9 Å². The summed E-state index contributed by atoms with van der Waals surface area (Å²) in [6.07, 6.45) is 2.09. The van der Waals surface area contributed by atoms with Gasteiger partial charge in [-0.15, -0.1) is 0 Å². The maximum atomic E-state index is 13.6. The standard InChI is InChI=1S/C14H20BrFN2O2S/c1-2-18(10-11-4-3-7-17-9-11)21(19,20)12-5-6-13(15)14(16)8-12/h5-6,8,11,17H,2-4,7,9-10H2,1H3. The molecule has 1 aliphatic rings. The molecule has 4 nitrogen and oxygen atoms in total. The van der Waals surface area contributed by atoms with Gasteiger partial charge in [-0.3, -0.25) is 0 Å². The fourth-order valence-corrected chi connectivity index (χ4v) is 4.34. The third-order valence-electron chi connectivity index (χ3n) is 3.74. The van der Waals surface area contributed by atoms with Crippen LogP contribution >= 0.6 is 15.9 Å². The summed E-state index contributed by atoms with van der Waals surface area (Å²) in [4.78, 5) is 0.00817. The lowest BCUT2D eigenvalue weighted by Gasteiger charge is -2.29. The predicted molar refractivity (Wildman–Crippen MR) is 84.1 cm³/mol. The maximum Gasteiger partial charge on any atom is 0.243 e. The molecule has 0 saturated carbocycles. The van der Waals surface area contributed by atoms with Crippen LogP contribution < -0.4 is 5.32 Å². The molecular weight excluding hydrogens is 359 g/mol. The number of hydrogen-bond acceptors (Lipinski definition) is 3. The van der Waals surface area contributed by atoms with Gasteiger partial charge in [0.05, 0.1) is 9.37 Å². The molecule has 1 heterocycles. The topological polar surface area (TPSA) is 49.4 Å². The molecular formula is C14H20BrFN2O2S. The van der Waals surface area contributed by atoms with Gasteiger partial charge in [0.15, 0.2) is 0 Å². The molecule has 0 spiro atoms. The van der Waals surface area contributed by atoms with Gasteiger partial charge >= 0.3 is 0 Å². The van der Waals surface area contributed by atoms with Crippen molar-refractivity contribution in [2.45, 2.75) is 24.7 Å². The van der Waals surface area contributed by atoms with E-state index in [0.717, 1.165) is 32.0 Å². The molecule has 0 amide bonds. The van der Waals surface area contributed by atoms with Crippen LogP contribution in [0.5, 0.6) is 0 Å². The molecule has 0 bridgehead atoms. The van der Waals surface area contributed by atoms with Crippen LogP contribution in [-0.2, 0) is 10.0 Å². The number of sulfonamides is 1. The number of nitrogens with zero attached hydrogens (tertiary/aromatic N) is 1. The van der Waals surface area contributed by atoms with E-state index in [9.17, 15) is 12.8 Å². The van der Waals surface area contributed by atoms with Gasteiger partial charge in [-0.25, -0.2) is 12.8 Å². The van der Waals surface area contributed by atoms with E-state index >= 15 is 0 Å². The highest BCUT2D eigenvalue weighted by Crippen LogP contribution is 2.23. The number of halogens is 2. The van der Waals surface area contributed by atoms with Crippen LogP contribution in [0.1, 0.15) is 19.8 Å². The van der Waals surface area contributed by atoms with Crippen LogP contribution in [0.4, 0.5) is 4.39 Å². The Morgan fingerprint density at radius 1 is 1.48 bits per heavy atom. The third-order valence-corrected chi connectivity index (χ3v) is 6.32. The van der Waals surface area contributed by atoms with Gasteiger partial charge < -0.3 is 5.32 Å². The Labute approximate surface area is 133 Å². The quantitative estimate of drug-likeness (QED) is 0.856. The molecule has 1 saturated heterocycles. The smallest absolute Gasteiger partial charge is 0.243 e. The van der Waals surface area contributed by atoms with Crippen LogP contribution in [0.25, 0.3) is 0 Å². The monoisotopic (exact) mass is 378 g/mol. The van der Waals surface area contributed by atoms with Gasteiger partial charge in [-0.1, -0.05) is 6.92 Å². The SMILES string of the molecule is CCN(CC1CCCNC1)S(=O)(=O)c1ccc(Br)c(F)c1. The van der Waals surface area contributed by atoms with Crippen LogP contribution in [0, 0.1) is 11.7 Å². The summed E-state index contributed by atoms with van der Waals surface area (Å²) < 4.78 is 40.5. The second-order valence-corrected chi connectivity index (χ2v) is 8.04. The van der Waals surface area contributed by atoms with Crippen molar-refractivity contribution in [1.29, 1.82) is 0 Å². The van der Waals surface area contributed by atoms with Crippen LogP contribution in [0.3, 0.4) is 0 Å². The van der Waals surface area contributed by atoms with Gasteiger partial charge in [-0.2, -0.15) is 4.31 Å². The molecule has 1 aromatic rings. The van der Waals surface area contributed by atoms with Crippen molar-refractivity contribution in [3.8, 4) is 0 Å². The van der Waals surface area contributed by atoms with E-state index < -0.39 is 15.8 Å². The highest BCUT2D eigenvalue weighted by atomic mass is 79.9. The molecule has 21 heavy (non-hydrogen) atoms. The summed E-state index contributed by atoms with van der Waals surface area (Å²) in [5, 5.41) is 3.28. The molecule has 1 unspecified atom stereocenters. The van der Waals surface area contributed by atoms with E-state index in [2.05, 4.69) is 21.2 Å². The maximum absolute atomic E-state index is 13.6.